The molecule has 0 aliphatic carbocycles. The fraction of sp³-hybridized carbons (Fsp3) is 0.786. The largest absolute Gasteiger partial charge is 0.348 e. The van der Waals surface area contributed by atoms with Crippen molar-refractivity contribution in [3.05, 3.63) is 10.6 Å². The van der Waals surface area contributed by atoms with Gasteiger partial charge in [-0.25, -0.2) is 4.98 Å². The minimum atomic E-state index is 0.971. The predicted molar refractivity (Wildman–Crippen MR) is 81.7 cm³/mol. The van der Waals surface area contributed by atoms with Gasteiger partial charge in [0.15, 0.2) is 5.13 Å². The molecule has 4 heteroatoms. The molecule has 0 saturated heterocycles. The molecule has 0 aromatic carbocycles. The first kappa shape index (κ1) is 15.4. The zero-order valence-electron chi connectivity index (χ0n) is 12.3. The number of thiazole rings is 1. The van der Waals surface area contributed by atoms with Crippen LogP contribution in [0.5, 0.6) is 0 Å². The summed E-state index contributed by atoms with van der Waals surface area (Å²) in [4.78, 5) is 8.60. The number of hydrogen-bond donors (Lipinski definition) is 1. The van der Waals surface area contributed by atoms with Crippen LogP contribution in [0.1, 0.15) is 51.1 Å². The van der Waals surface area contributed by atoms with Crippen LogP contribution in [0.2, 0.25) is 0 Å². The molecule has 0 amide bonds. The number of rotatable bonds is 9. The van der Waals surface area contributed by atoms with E-state index in [9.17, 15) is 0 Å². The minimum absolute atomic E-state index is 0.971. The molecule has 3 nitrogen and oxygen atoms in total. The van der Waals surface area contributed by atoms with Crippen LogP contribution in [0.3, 0.4) is 0 Å². The topological polar surface area (TPSA) is 28.2 Å². The van der Waals surface area contributed by atoms with Gasteiger partial charge in [0.1, 0.15) is 0 Å². The third kappa shape index (κ3) is 4.25. The molecule has 0 bridgehead atoms. The molecular weight excluding hydrogens is 242 g/mol. The van der Waals surface area contributed by atoms with Crippen molar-refractivity contribution in [1.29, 1.82) is 0 Å². The van der Waals surface area contributed by atoms with E-state index in [1.807, 2.05) is 11.3 Å². The summed E-state index contributed by atoms with van der Waals surface area (Å²) in [6.45, 7) is 13.0. The standard InChI is InChI=1S/C14H27N3S/c1-5-9-15-11-13-12(7-3)16-14(18-13)17(8-4)10-6-2/h15H,5-11H2,1-4H3. The lowest BCUT2D eigenvalue weighted by Gasteiger charge is -2.18. The molecule has 0 aliphatic rings. The van der Waals surface area contributed by atoms with Crippen molar-refractivity contribution in [1.82, 2.24) is 10.3 Å². The molecule has 18 heavy (non-hydrogen) atoms. The second-order valence-electron chi connectivity index (χ2n) is 4.48. The van der Waals surface area contributed by atoms with Crippen molar-refractivity contribution in [2.75, 3.05) is 24.5 Å². The van der Waals surface area contributed by atoms with Gasteiger partial charge < -0.3 is 10.2 Å². The average Bonchev–Trinajstić information content (AvgIpc) is 2.79. The number of nitrogens with zero attached hydrogens (tertiary/aromatic N) is 2. The number of aromatic nitrogens is 1. The summed E-state index contributed by atoms with van der Waals surface area (Å²) in [6, 6.07) is 0. The van der Waals surface area contributed by atoms with Crippen LogP contribution in [-0.4, -0.2) is 24.6 Å². The Morgan fingerprint density at radius 2 is 1.94 bits per heavy atom. The van der Waals surface area contributed by atoms with Crippen LogP contribution in [0, 0.1) is 0 Å². The normalized spacial score (nSPS) is 10.9. The number of nitrogens with one attached hydrogen (secondary N) is 1. The minimum Gasteiger partial charge on any atom is -0.348 e. The maximum absolute atomic E-state index is 4.80. The van der Waals surface area contributed by atoms with E-state index in [1.165, 1.54) is 28.5 Å². The molecule has 104 valence electrons. The van der Waals surface area contributed by atoms with E-state index in [-0.39, 0.29) is 0 Å². The highest BCUT2D eigenvalue weighted by Crippen LogP contribution is 2.27. The maximum Gasteiger partial charge on any atom is 0.185 e. The van der Waals surface area contributed by atoms with Gasteiger partial charge in [0, 0.05) is 24.5 Å². The van der Waals surface area contributed by atoms with Crippen molar-refractivity contribution in [2.24, 2.45) is 0 Å². The lowest BCUT2D eigenvalue weighted by Crippen LogP contribution is -2.23. The van der Waals surface area contributed by atoms with Gasteiger partial charge in [-0.05, 0) is 32.7 Å². The predicted octanol–water partition coefficient (Wildman–Crippen LogP) is 3.44. The summed E-state index contributed by atoms with van der Waals surface area (Å²) in [5.74, 6) is 0. The summed E-state index contributed by atoms with van der Waals surface area (Å²) in [6.07, 6.45) is 3.39. The van der Waals surface area contributed by atoms with Crippen molar-refractivity contribution >= 4 is 16.5 Å². The van der Waals surface area contributed by atoms with Crippen LogP contribution in [0.15, 0.2) is 0 Å². The summed E-state index contributed by atoms with van der Waals surface area (Å²) in [5, 5.41) is 4.68. The summed E-state index contributed by atoms with van der Waals surface area (Å²) >= 11 is 1.86. The lowest BCUT2D eigenvalue weighted by atomic mass is 10.3. The lowest BCUT2D eigenvalue weighted by molar-refractivity contribution is 0.676. The van der Waals surface area contributed by atoms with E-state index in [0.717, 1.165) is 32.6 Å². The molecule has 0 unspecified atom stereocenters. The third-order valence-electron chi connectivity index (χ3n) is 2.96. The monoisotopic (exact) mass is 269 g/mol. The molecule has 0 spiro atoms. The molecule has 1 N–H and O–H groups in total. The second kappa shape index (κ2) is 8.48. The molecule has 0 fully saturated rings. The van der Waals surface area contributed by atoms with Crippen LogP contribution in [-0.2, 0) is 13.0 Å². The fourth-order valence-electron chi connectivity index (χ4n) is 1.96. The zero-order valence-corrected chi connectivity index (χ0v) is 13.1. The number of anilines is 1. The van der Waals surface area contributed by atoms with Crippen molar-refractivity contribution in [2.45, 2.75) is 53.5 Å². The Morgan fingerprint density at radius 3 is 2.50 bits per heavy atom. The number of hydrogen-bond acceptors (Lipinski definition) is 4. The number of aryl methyl sites for hydroxylation is 1. The van der Waals surface area contributed by atoms with Gasteiger partial charge in [-0.2, -0.15) is 0 Å². The van der Waals surface area contributed by atoms with Crippen molar-refractivity contribution in [3.63, 3.8) is 0 Å². The molecule has 1 heterocycles. The Balaban J connectivity index is 2.75. The quantitative estimate of drug-likeness (QED) is 0.696. The van der Waals surface area contributed by atoms with Gasteiger partial charge in [0.05, 0.1) is 5.69 Å². The Hall–Kier alpha value is -0.610. The molecule has 1 aromatic rings. The van der Waals surface area contributed by atoms with Crippen LogP contribution >= 0.6 is 11.3 Å². The van der Waals surface area contributed by atoms with Gasteiger partial charge in [-0.15, -0.1) is 11.3 Å². The Morgan fingerprint density at radius 1 is 1.17 bits per heavy atom. The molecule has 0 radical (unpaired) electrons. The maximum atomic E-state index is 4.80. The van der Waals surface area contributed by atoms with Crippen LogP contribution < -0.4 is 10.2 Å². The molecule has 1 aromatic heterocycles. The Kier molecular flexibility index (Phi) is 7.28. The van der Waals surface area contributed by atoms with Gasteiger partial charge in [0.2, 0.25) is 0 Å². The molecule has 0 aliphatic heterocycles. The fourth-order valence-corrected chi connectivity index (χ4v) is 3.16. The van der Waals surface area contributed by atoms with Gasteiger partial charge in [0.25, 0.3) is 0 Å². The molecular formula is C14H27N3S. The van der Waals surface area contributed by atoms with E-state index in [2.05, 4.69) is 37.9 Å². The van der Waals surface area contributed by atoms with Crippen LogP contribution in [0.4, 0.5) is 5.13 Å². The zero-order chi connectivity index (χ0) is 13.4. The summed E-state index contributed by atoms with van der Waals surface area (Å²) in [5.41, 5.74) is 1.27. The van der Waals surface area contributed by atoms with E-state index in [1.54, 1.807) is 0 Å². The highest BCUT2D eigenvalue weighted by Gasteiger charge is 2.13. The summed E-state index contributed by atoms with van der Waals surface area (Å²) in [7, 11) is 0. The highest BCUT2D eigenvalue weighted by atomic mass is 32.1. The van der Waals surface area contributed by atoms with E-state index < -0.39 is 0 Å². The van der Waals surface area contributed by atoms with E-state index >= 15 is 0 Å². The van der Waals surface area contributed by atoms with Crippen molar-refractivity contribution < 1.29 is 0 Å². The van der Waals surface area contributed by atoms with Crippen molar-refractivity contribution in [3.8, 4) is 0 Å². The van der Waals surface area contributed by atoms with E-state index in [0.29, 0.717) is 0 Å². The average molecular weight is 269 g/mol. The third-order valence-corrected chi connectivity index (χ3v) is 4.12. The first-order chi connectivity index (χ1) is 8.76. The molecule has 1 rings (SSSR count). The Bertz CT molecular complexity index is 336. The molecule has 0 saturated carbocycles. The van der Waals surface area contributed by atoms with E-state index in [4.69, 9.17) is 4.98 Å². The smallest absolute Gasteiger partial charge is 0.185 e. The molecule has 0 atom stereocenters. The first-order valence-corrected chi connectivity index (χ1v) is 8.02. The first-order valence-electron chi connectivity index (χ1n) is 7.20. The highest BCUT2D eigenvalue weighted by molar-refractivity contribution is 7.15. The van der Waals surface area contributed by atoms with Crippen LogP contribution in [0.25, 0.3) is 0 Å². The van der Waals surface area contributed by atoms with Gasteiger partial charge in [-0.1, -0.05) is 20.8 Å². The second-order valence-corrected chi connectivity index (χ2v) is 5.54. The van der Waals surface area contributed by atoms with Gasteiger partial charge in [-0.3, -0.25) is 0 Å². The van der Waals surface area contributed by atoms with Gasteiger partial charge >= 0.3 is 0 Å². The SMILES string of the molecule is CCCNCc1sc(N(CC)CCC)nc1CC. The summed E-state index contributed by atoms with van der Waals surface area (Å²) < 4.78 is 0. The Labute approximate surface area is 116 Å².